The van der Waals surface area contributed by atoms with Crippen LogP contribution in [0.2, 0.25) is 10.0 Å². The van der Waals surface area contributed by atoms with E-state index in [1.807, 2.05) is 0 Å². The van der Waals surface area contributed by atoms with Crippen molar-refractivity contribution < 1.29 is 20.5 Å². The molecule has 0 spiro atoms. The van der Waals surface area contributed by atoms with Crippen LogP contribution in [0.15, 0.2) is 34.1 Å². The molecule has 4 N–H and O–H groups in total. The van der Waals surface area contributed by atoms with Gasteiger partial charge in [-0.25, -0.2) is 0 Å². The highest BCUT2D eigenvalue weighted by Crippen LogP contribution is 2.32. The minimum absolute atomic E-state index is 0.0932. The van der Waals surface area contributed by atoms with Crippen molar-refractivity contribution >= 4 is 54.8 Å². The second-order valence-corrected chi connectivity index (χ2v) is 9.31. The minimum atomic E-state index is -4.76. The summed E-state index contributed by atoms with van der Waals surface area (Å²) in [5.41, 5.74) is 11.7. The molecule has 2 aromatic carbocycles. The molecule has 11 heteroatoms. The Kier molecular flexibility index (Phi) is 5.27. The number of aryl methyl sites for hydroxylation is 2. The first-order valence-electron chi connectivity index (χ1n) is 6.67. The van der Waals surface area contributed by atoms with E-state index in [9.17, 15) is 16.8 Å². The number of anilines is 2. The molecule has 0 radical (unpaired) electrons. The maximum Gasteiger partial charge on any atom is 0.313 e. The second-order valence-electron chi connectivity index (χ2n) is 5.25. The average Bonchev–Trinajstić information content (AvgIpc) is 2.45. The molecule has 0 atom stereocenters. The summed E-state index contributed by atoms with van der Waals surface area (Å²) in [6.45, 7) is 3.15. The highest BCUT2D eigenvalue weighted by molar-refractivity contribution is 8.00. The summed E-state index contributed by atoms with van der Waals surface area (Å²) < 4.78 is 53.9. The van der Waals surface area contributed by atoms with Gasteiger partial charge in [-0.15, -0.1) is 3.63 Å². The highest BCUT2D eigenvalue weighted by Gasteiger charge is 2.30. The van der Waals surface area contributed by atoms with E-state index in [0.29, 0.717) is 11.1 Å². The van der Waals surface area contributed by atoms with Crippen molar-refractivity contribution in [1.29, 1.82) is 0 Å². The molecule has 0 aliphatic carbocycles. The van der Waals surface area contributed by atoms with Crippen LogP contribution in [-0.2, 0) is 23.9 Å². The zero-order valence-corrected chi connectivity index (χ0v) is 16.2. The van der Waals surface area contributed by atoms with Crippen LogP contribution in [0.4, 0.5) is 11.4 Å². The van der Waals surface area contributed by atoms with E-state index >= 15 is 0 Å². The van der Waals surface area contributed by atoms with Crippen molar-refractivity contribution in [3.8, 4) is 0 Å². The van der Waals surface area contributed by atoms with E-state index in [2.05, 4.69) is 3.63 Å². The summed E-state index contributed by atoms with van der Waals surface area (Å²) >= 11 is 11.7. The lowest BCUT2D eigenvalue weighted by atomic mass is 10.2. The van der Waals surface area contributed by atoms with E-state index in [4.69, 9.17) is 34.7 Å². The average molecular weight is 425 g/mol. The quantitative estimate of drug-likeness (QED) is 0.721. The van der Waals surface area contributed by atoms with E-state index in [-0.39, 0.29) is 21.4 Å². The van der Waals surface area contributed by atoms with E-state index in [1.54, 1.807) is 6.92 Å². The van der Waals surface area contributed by atoms with Crippen LogP contribution in [0.25, 0.3) is 0 Å². The normalized spacial score (nSPS) is 12.3. The van der Waals surface area contributed by atoms with Crippen molar-refractivity contribution in [1.82, 2.24) is 0 Å². The van der Waals surface area contributed by atoms with Crippen LogP contribution < -0.4 is 11.5 Å². The van der Waals surface area contributed by atoms with Crippen LogP contribution in [0.1, 0.15) is 11.1 Å². The van der Waals surface area contributed by atoms with Gasteiger partial charge in [-0.2, -0.15) is 16.8 Å². The second kappa shape index (κ2) is 6.65. The van der Waals surface area contributed by atoms with Crippen molar-refractivity contribution in [3.63, 3.8) is 0 Å². The zero-order valence-electron chi connectivity index (χ0n) is 13.1. The summed E-state index contributed by atoms with van der Waals surface area (Å²) in [6, 6.07) is 4.63. The Hall–Kier alpha value is -1.52. The first-order chi connectivity index (χ1) is 11.3. The molecule has 0 amide bonds. The maximum absolute atomic E-state index is 12.4. The lowest BCUT2D eigenvalue weighted by molar-refractivity contribution is 0.462. The van der Waals surface area contributed by atoms with Gasteiger partial charge in [0, 0.05) is 10.0 Å². The van der Waals surface area contributed by atoms with Crippen LogP contribution in [0.5, 0.6) is 0 Å². The van der Waals surface area contributed by atoms with E-state index in [0.717, 1.165) is 12.1 Å². The third-order valence-electron chi connectivity index (χ3n) is 3.30. The fourth-order valence-corrected chi connectivity index (χ4v) is 5.19. The standard InChI is InChI=1S/C14H14Cl2N2O5S2/c1-7-3-11(17)14(6-10(7)16)25(21,22)23-24(19,20)13-4-8(2)9(15)5-12(13)18/h3-6H,17-18H2,1-2H3. The molecular weight excluding hydrogens is 411 g/mol. The van der Waals surface area contributed by atoms with Crippen LogP contribution in [-0.4, -0.2) is 16.8 Å². The summed E-state index contributed by atoms with van der Waals surface area (Å²) in [5, 5.41) is 0.324. The first kappa shape index (κ1) is 19.8. The topological polar surface area (TPSA) is 130 Å². The number of nitrogen functional groups attached to an aromatic ring is 2. The molecule has 0 bridgehead atoms. The molecule has 7 nitrogen and oxygen atoms in total. The van der Waals surface area contributed by atoms with Gasteiger partial charge in [-0.05, 0) is 49.2 Å². The van der Waals surface area contributed by atoms with Gasteiger partial charge in [0.25, 0.3) is 0 Å². The number of hydrogen-bond acceptors (Lipinski definition) is 7. The number of rotatable bonds is 4. The molecular formula is C14H14Cl2N2O5S2. The monoisotopic (exact) mass is 424 g/mol. The Balaban J connectivity index is 2.54. The number of halogens is 2. The molecule has 0 saturated heterocycles. The van der Waals surface area contributed by atoms with Crippen LogP contribution in [0.3, 0.4) is 0 Å². The predicted octanol–water partition coefficient (Wildman–Crippen LogP) is 2.87. The lowest BCUT2D eigenvalue weighted by Gasteiger charge is -2.12. The third kappa shape index (κ3) is 4.01. The van der Waals surface area contributed by atoms with Gasteiger partial charge in [-0.3, -0.25) is 0 Å². The summed E-state index contributed by atoms with van der Waals surface area (Å²) in [5.74, 6) is 0. The molecule has 2 aromatic rings. The van der Waals surface area contributed by atoms with Gasteiger partial charge in [0.2, 0.25) is 0 Å². The number of benzene rings is 2. The third-order valence-corrected chi connectivity index (χ3v) is 7.33. The smallest absolute Gasteiger partial charge is 0.313 e. The molecule has 0 aromatic heterocycles. The lowest BCUT2D eigenvalue weighted by Crippen LogP contribution is -2.17. The van der Waals surface area contributed by atoms with Crippen LogP contribution >= 0.6 is 23.2 Å². The molecule has 136 valence electrons. The Morgan fingerprint density at radius 1 is 0.760 bits per heavy atom. The van der Waals surface area contributed by atoms with Gasteiger partial charge < -0.3 is 11.5 Å². The van der Waals surface area contributed by atoms with Gasteiger partial charge in [0.15, 0.2) is 0 Å². The van der Waals surface area contributed by atoms with E-state index in [1.165, 1.54) is 19.1 Å². The SMILES string of the molecule is Cc1cc(S(=O)(=O)OS(=O)(=O)c2cc(Cl)c(C)cc2N)c(N)cc1Cl. The van der Waals surface area contributed by atoms with Gasteiger partial charge in [0.05, 0.1) is 11.4 Å². The maximum atomic E-state index is 12.4. The van der Waals surface area contributed by atoms with E-state index < -0.39 is 30.0 Å². The Morgan fingerprint density at radius 2 is 1.16 bits per heavy atom. The predicted molar refractivity (Wildman–Crippen MR) is 96.7 cm³/mol. The fraction of sp³-hybridized carbons (Fsp3) is 0.143. The van der Waals surface area contributed by atoms with Crippen molar-refractivity contribution in [2.45, 2.75) is 23.6 Å². The Bertz CT molecular complexity index is 982. The summed E-state index contributed by atoms with van der Waals surface area (Å²) in [7, 11) is -9.51. The number of hydrogen-bond donors (Lipinski definition) is 2. The van der Waals surface area contributed by atoms with Crippen LogP contribution in [0, 0.1) is 13.8 Å². The Morgan fingerprint density at radius 3 is 1.72 bits per heavy atom. The summed E-state index contributed by atoms with van der Waals surface area (Å²) in [4.78, 5) is -1.08. The minimum Gasteiger partial charge on any atom is -0.398 e. The fourth-order valence-electron chi connectivity index (χ4n) is 1.98. The molecule has 0 aliphatic rings. The highest BCUT2D eigenvalue weighted by atomic mass is 35.5. The first-order valence-corrected chi connectivity index (χ1v) is 10.2. The van der Waals surface area contributed by atoms with Gasteiger partial charge in [-0.1, -0.05) is 23.2 Å². The molecule has 25 heavy (non-hydrogen) atoms. The molecule has 0 fully saturated rings. The number of nitrogens with two attached hydrogens (primary N) is 2. The Labute approximate surface area is 155 Å². The largest absolute Gasteiger partial charge is 0.398 e. The van der Waals surface area contributed by atoms with Crippen molar-refractivity contribution in [2.75, 3.05) is 11.5 Å². The molecule has 2 rings (SSSR count). The molecule has 0 saturated carbocycles. The van der Waals surface area contributed by atoms with Crippen molar-refractivity contribution in [3.05, 3.63) is 45.4 Å². The summed E-state index contributed by atoms with van der Waals surface area (Å²) in [6.07, 6.45) is 0. The van der Waals surface area contributed by atoms with Gasteiger partial charge >= 0.3 is 20.2 Å². The molecule has 0 unspecified atom stereocenters. The molecule has 0 heterocycles. The zero-order chi connectivity index (χ0) is 19.2. The molecule has 0 aliphatic heterocycles. The van der Waals surface area contributed by atoms with Crippen molar-refractivity contribution in [2.24, 2.45) is 0 Å². The van der Waals surface area contributed by atoms with Gasteiger partial charge in [0.1, 0.15) is 9.79 Å².